The molecule has 3 amide bonds. The van der Waals surface area contributed by atoms with Crippen LogP contribution in [0.3, 0.4) is 0 Å². The molecule has 7 nitrogen and oxygen atoms in total. The molecule has 0 radical (unpaired) electrons. The molecule has 1 saturated heterocycles. The summed E-state index contributed by atoms with van der Waals surface area (Å²) >= 11 is 1.63. The van der Waals surface area contributed by atoms with Crippen molar-refractivity contribution in [3.05, 3.63) is 46.7 Å². The van der Waals surface area contributed by atoms with Crippen LogP contribution >= 0.6 is 11.3 Å². The molecule has 2 aromatic rings. The summed E-state index contributed by atoms with van der Waals surface area (Å²) in [4.78, 5) is 37.8. The van der Waals surface area contributed by atoms with E-state index in [2.05, 4.69) is 32.3 Å². The van der Waals surface area contributed by atoms with Crippen LogP contribution in [0, 0.1) is 0 Å². The Labute approximate surface area is 168 Å². The summed E-state index contributed by atoms with van der Waals surface area (Å²) in [5, 5.41) is 12.1. The minimum Gasteiger partial charge on any atom is -0.346 e. The van der Waals surface area contributed by atoms with Gasteiger partial charge < -0.3 is 16.0 Å². The van der Waals surface area contributed by atoms with Gasteiger partial charge in [0.05, 0.1) is 6.04 Å². The maximum absolute atomic E-state index is 12.3. The van der Waals surface area contributed by atoms with Crippen LogP contribution in [0.15, 0.2) is 41.1 Å². The van der Waals surface area contributed by atoms with Gasteiger partial charge in [-0.1, -0.05) is 0 Å². The molecule has 0 saturated carbocycles. The Morgan fingerprint density at radius 2 is 1.64 bits per heavy atom. The Morgan fingerprint density at radius 1 is 1.00 bits per heavy atom. The fourth-order valence-corrected chi connectivity index (χ4v) is 3.98. The van der Waals surface area contributed by atoms with Gasteiger partial charge in [-0.25, -0.2) is 0 Å². The van der Waals surface area contributed by atoms with Gasteiger partial charge in [0.15, 0.2) is 0 Å². The van der Waals surface area contributed by atoms with E-state index in [-0.39, 0.29) is 11.9 Å². The van der Waals surface area contributed by atoms with E-state index in [1.165, 1.54) is 12.5 Å². The zero-order chi connectivity index (χ0) is 19.9. The molecule has 8 heteroatoms. The van der Waals surface area contributed by atoms with Crippen molar-refractivity contribution in [3.63, 3.8) is 0 Å². The molecule has 1 aromatic heterocycles. The monoisotopic (exact) mass is 400 g/mol. The molecule has 3 rings (SSSR count). The number of carbonyl (C=O) groups is 3. The van der Waals surface area contributed by atoms with Crippen molar-refractivity contribution in [2.45, 2.75) is 25.8 Å². The summed E-state index contributed by atoms with van der Waals surface area (Å²) in [5.74, 6) is -1.54. The van der Waals surface area contributed by atoms with E-state index in [9.17, 15) is 14.4 Å². The molecule has 0 bridgehead atoms. The van der Waals surface area contributed by atoms with E-state index in [1.54, 1.807) is 35.6 Å². The molecule has 0 aliphatic carbocycles. The number of benzene rings is 1. The number of carbonyl (C=O) groups excluding carboxylic acids is 3. The SMILES string of the molecule is CC(=O)Nc1ccc(NC(=O)C(=O)NCC(c2ccsc2)N2CCCC2)cc1. The van der Waals surface area contributed by atoms with Crippen LogP contribution in [0.1, 0.15) is 31.4 Å². The predicted octanol–water partition coefficient (Wildman–Crippen LogP) is 2.60. The fraction of sp³-hybridized carbons (Fsp3) is 0.350. The molecule has 148 valence electrons. The number of hydrogen-bond donors (Lipinski definition) is 3. The first-order chi connectivity index (χ1) is 13.5. The van der Waals surface area contributed by atoms with E-state index in [0.29, 0.717) is 17.9 Å². The Kier molecular flexibility index (Phi) is 6.78. The number of anilines is 2. The summed E-state index contributed by atoms with van der Waals surface area (Å²) < 4.78 is 0. The lowest BCUT2D eigenvalue weighted by Gasteiger charge is -2.27. The van der Waals surface area contributed by atoms with E-state index in [0.717, 1.165) is 25.9 Å². The van der Waals surface area contributed by atoms with E-state index >= 15 is 0 Å². The molecule has 1 unspecified atom stereocenters. The Morgan fingerprint density at radius 3 is 2.21 bits per heavy atom. The average molecular weight is 401 g/mol. The summed E-state index contributed by atoms with van der Waals surface area (Å²) in [7, 11) is 0. The van der Waals surface area contributed by atoms with Crippen LogP contribution in [0.2, 0.25) is 0 Å². The van der Waals surface area contributed by atoms with Crippen LogP contribution in [-0.4, -0.2) is 42.3 Å². The molecule has 1 aliphatic rings. The minimum atomic E-state index is -0.710. The van der Waals surface area contributed by atoms with Crippen LogP contribution < -0.4 is 16.0 Å². The van der Waals surface area contributed by atoms with Gasteiger partial charge in [0.1, 0.15) is 0 Å². The number of thiophene rings is 1. The smallest absolute Gasteiger partial charge is 0.313 e. The number of nitrogens with one attached hydrogen (secondary N) is 3. The molecule has 1 aromatic carbocycles. The number of amides is 3. The van der Waals surface area contributed by atoms with Gasteiger partial charge >= 0.3 is 11.8 Å². The first-order valence-electron chi connectivity index (χ1n) is 9.26. The van der Waals surface area contributed by atoms with Gasteiger partial charge in [-0.05, 0) is 72.6 Å². The van der Waals surface area contributed by atoms with Crippen molar-refractivity contribution in [2.24, 2.45) is 0 Å². The van der Waals surface area contributed by atoms with Gasteiger partial charge in [-0.15, -0.1) is 0 Å². The molecule has 1 fully saturated rings. The maximum Gasteiger partial charge on any atom is 0.313 e. The summed E-state index contributed by atoms with van der Waals surface area (Å²) in [6, 6.07) is 8.74. The molecule has 1 atom stereocenters. The zero-order valence-electron chi connectivity index (χ0n) is 15.7. The Hall–Kier alpha value is -2.71. The standard InChI is InChI=1S/C20H24N4O3S/c1-14(25)22-16-4-6-17(7-5-16)23-20(27)19(26)21-12-18(15-8-11-28-13-15)24-9-2-3-10-24/h4-8,11,13,18H,2-3,9-10,12H2,1H3,(H,21,26)(H,22,25)(H,23,27). The average Bonchev–Trinajstić information content (AvgIpc) is 3.37. The van der Waals surface area contributed by atoms with E-state index in [4.69, 9.17) is 0 Å². The van der Waals surface area contributed by atoms with Crippen LogP contribution in [0.4, 0.5) is 11.4 Å². The highest BCUT2D eigenvalue weighted by atomic mass is 32.1. The predicted molar refractivity (Wildman–Crippen MR) is 110 cm³/mol. The molecule has 0 spiro atoms. The summed E-state index contributed by atoms with van der Waals surface area (Å²) in [6.45, 7) is 3.82. The lowest BCUT2D eigenvalue weighted by Crippen LogP contribution is -2.41. The van der Waals surface area contributed by atoms with Gasteiger partial charge in [-0.3, -0.25) is 19.3 Å². The summed E-state index contributed by atoms with van der Waals surface area (Å²) in [6.07, 6.45) is 2.31. The van der Waals surface area contributed by atoms with Gasteiger partial charge in [0.2, 0.25) is 5.91 Å². The molecular weight excluding hydrogens is 376 g/mol. The summed E-state index contributed by atoms with van der Waals surface area (Å²) in [5.41, 5.74) is 2.28. The Bertz CT molecular complexity index is 814. The number of likely N-dealkylation sites (tertiary alicyclic amines) is 1. The largest absolute Gasteiger partial charge is 0.346 e. The molecule has 28 heavy (non-hydrogen) atoms. The normalized spacial score (nSPS) is 15.0. The van der Waals surface area contributed by atoms with E-state index in [1.807, 2.05) is 5.38 Å². The lowest BCUT2D eigenvalue weighted by molar-refractivity contribution is -0.136. The Balaban J connectivity index is 1.54. The lowest BCUT2D eigenvalue weighted by atomic mass is 10.1. The molecule has 1 aliphatic heterocycles. The first kappa shape index (κ1) is 20.0. The number of rotatable bonds is 6. The quantitative estimate of drug-likeness (QED) is 0.650. The third kappa shape index (κ3) is 5.40. The van der Waals surface area contributed by atoms with Crippen molar-refractivity contribution in [3.8, 4) is 0 Å². The van der Waals surface area contributed by atoms with E-state index < -0.39 is 11.8 Å². The van der Waals surface area contributed by atoms with Crippen molar-refractivity contribution in [1.82, 2.24) is 10.2 Å². The van der Waals surface area contributed by atoms with Crippen LogP contribution in [0.25, 0.3) is 0 Å². The number of nitrogens with zero attached hydrogens (tertiary/aromatic N) is 1. The number of hydrogen-bond acceptors (Lipinski definition) is 5. The van der Waals surface area contributed by atoms with Crippen molar-refractivity contribution >= 4 is 40.4 Å². The first-order valence-corrected chi connectivity index (χ1v) is 10.2. The molecule has 3 N–H and O–H groups in total. The van der Waals surface area contributed by atoms with Crippen molar-refractivity contribution < 1.29 is 14.4 Å². The second-order valence-electron chi connectivity index (χ2n) is 6.74. The highest BCUT2D eigenvalue weighted by molar-refractivity contribution is 7.08. The van der Waals surface area contributed by atoms with Crippen LogP contribution in [-0.2, 0) is 14.4 Å². The van der Waals surface area contributed by atoms with Gasteiger partial charge in [0.25, 0.3) is 0 Å². The topological polar surface area (TPSA) is 90.5 Å². The van der Waals surface area contributed by atoms with Gasteiger partial charge in [0, 0.05) is 24.8 Å². The highest BCUT2D eigenvalue weighted by Gasteiger charge is 2.25. The fourth-order valence-electron chi connectivity index (χ4n) is 3.27. The third-order valence-electron chi connectivity index (χ3n) is 4.63. The zero-order valence-corrected chi connectivity index (χ0v) is 16.6. The second kappa shape index (κ2) is 9.48. The minimum absolute atomic E-state index is 0.0856. The van der Waals surface area contributed by atoms with Crippen LogP contribution in [0.5, 0.6) is 0 Å². The van der Waals surface area contributed by atoms with Gasteiger partial charge in [-0.2, -0.15) is 11.3 Å². The van der Waals surface area contributed by atoms with Crippen molar-refractivity contribution in [1.29, 1.82) is 0 Å². The van der Waals surface area contributed by atoms with Crippen molar-refractivity contribution in [2.75, 3.05) is 30.3 Å². The second-order valence-corrected chi connectivity index (χ2v) is 7.52. The molecule has 2 heterocycles. The third-order valence-corrected chi connectivity index (χ3v) is 5.34. The maximum atomic E-state index is 12.3. The highest BCUT2D eigenvalue weighted by Crippen LogP contribution is 2.26. The molecular formula is C20H24N4O3S.